The SMILES string of the molecule is COC(=O)C(NS(=O)(=O)c1ccc(Cl)s1)C(CC(F)(F)F)CC(F)(F)F.O=C(O)C(NS(=O)(=O)c1ccc(Cl)s1)C(CC(F)(F)F)CC(F)(F)F. The third kappa shape index (κ3) is 17.5. The summed E-state index contributed by atoms with van der Waals surface area (Å²) in [5, 5.41) is 8.97. The number of rotatable bonds is 14. The molecule has 51 heavy (non-hydrogen) atoms. The van der Waals surface area contributed by atoms with Crippen LogP contribution in [0.3, 0.4) is 0 Å². The van der Waals surface area contributed by atoms with Gasteiger partial charge in [0.25, 0.3) is 20.0 Å². The molecule has 2 aromatic heterocycles. The second-order valence-corrected chi connectivity index (χ2v) is 17.3. The smallest absolute Gasteiger partial charge is 0.389 e. The Morgan fingerprint density at radius 1 is 0.667 bits per heavy atom. The van der Waals surface area contributed by atoms with Crippen LogP contribution in [0.1, 0.15) is 25.7 Å². The number of halogens is 14. The quantitative estimate of drug-likeness (QED) is 0.131. The minimum absolute atomic E-state index is 0.0159. The lowest BCUT2D eigenvalue weighted by Gasteiger charge is -2.27. The molecule has 10 nitrogen and oxygen atoms in total. The van der Waals surface area contributed by atoms with E-state index in [1.54, 1.807) is 4.72 Å². The number of ether oxygens (including phenoxy) is 1. The standard InChI is InChI=1S/C12H12ClF6NO4S2.C11H10ClF6NO4S2/c1-24-10(21)9(6(4-11(14,15)16)5-12(17,18)19)20-26(22,23)8-3-2-7(13)25-8;12-6-1-2-7(24-6)25(22,23)19-8(9(20)21)5(3-10(13,14)15)4-11(16,17)18/h2-3,6,9,20H,4-5H2,1H3;1-2,5,8,19H,3-4H2,(H,20,21). The third-order valence-corrected chi connectivity index (χ3v) is 12.2. The number of methoxy groups -OCH3 is 1. The van der Waals surface area contributed by atoms with Crippen molar-refractivity contribution >= 4 is 77.9 Å². The third-order valence-electron chi connectivity index (χ3n) is 5.83. The first-order valence-electron chi connectivity index (χ1n) is 12.9. The van der Waals surface area contributed by atoms with Gasteiger partial charge in [0, 0.05) is 37.5 Å². The fourth-order valence-electron chi connectivity index (χ4n) is 3.95. The first-order valence-corrected chi connectivity index (χ1v) is 18.2. The molecule has 2 heterocycles. The molecule has 0 spiro atoms. The highest BCUT2D eigenvalue weighted by Gasteiger charge is 2.47. The van der Waals surface area contributed by atoms with Crippen molar-refractivity contribution in [3.05, 3.63) is 32.9 Å². The van der Waals surface area contributed by atoms with Gasteiger partial charge in [-0.2, -0.15) is 62.1 Å². The summed E-state index contributed by atoms with van der Waals surface area (Å²) < 4.78 is 206. The Kier molecular flexibility index (Phi) is 16.4. The van der Waals surface area contributed by atoms with Gasteiger partial charge in [0.2, 0.25) is 0 Å². The van der Waals surface area contributed by atoms with Gasteiger partial charge in [0.05, 0.1) is 15.8 Å². The van der Waals surface area contributed by atoms with Crippen molar-refractivity contribution in [1.29, 1.82) is 0 Å². The van der Waals surface area contributed by atoms with E-state index < -0.39 is 115 Å². The molecule has 0 aromatic carbocycles. The van der Waals surface area contributed by atoms with Crippen LogP contribution in [-0.2, 0) is 34.4 Å². The van der Waals surface area contributed by atoms with Crippen LogP contribution >= 0.6 is 45.9 Å². The number of alkyl halides is 12. The predicted molar refractivity (Wildman–Crippen MR) is 156 cm³/mol. The Bertz CT molecular complexity index is 1660. The molecule has 0 fully saturated rings. The summed E-state index contributed by atoms with van der Waals surface area (Å²) in [6.07, 6.45) is -28.7. The Morgan fingerprint density at radius 2 is 0.961 bits per heavy atom. The highest BCUT2D eigenvalue weighted by Crippen LogP contribution is 2.37. The first kappa shape index (κ1) is 46.9. The Morgan fingerprint density at radius 3 is 1.20 bits per heavy atom. The lowest BCUT2D eigenvalue weighted by atomic mass is 9.92. The number of esters is 1. The molecule has 0 radical (unpaired) electrons. The van der Waals surface area contributed by atoms with Crippen LogP contribution in [0, 0.1) is 11.8 Å². The van der Waals surface area contributed by atoms with Crippen molar-refractivity contribution in [3.8, 4) is 0 Å². The van der Waals surface area contributed by atoms with E-state index in [2.05, 4.69) is 4.74 Å². The minimum Gasteiger partial charge on any atom is -0.480 e. The van der Waals surface area contributed by atoms with Crippen LogP contribution in [0.2, 0.25) is 8.67 Å². The number of carbonyl (C=O) groups excluding carboxylic acids is 1. The highest BCUT2D eigenvalue weighted by atomic mass is 35.5. The second-order valence-electron chi connectivity index (χ2n) is 9.97. The lowest BCUT2D eigenvalue weighted by Crippen LogP contribution is -2.48. The van der Waals surface area contributed by atoms with E-state index in [9.17, 15) is 79.1 Å². The molecule has 294 valence electrons. The summed E-state index contributed by atoms with van der Waals surface area (Å²) in [6, 6.07) is -0.803. The number of hydrogen-bond acceptors (Lipinski definition) is 9. The highest BCUT2D eigenvalue weighted by molar-refractivity contribution is 7.92. The number of sulfonamides is 2. The van der Waals surface area contributed by atoms with Crippen molar-refractivity contribution in [2.24, 2.45) is 11.8 Å². The van der Waals surface area contributed by atoms with E-state index in [1.165, 1.54) is 4.72 Å². The Balaban J connectivity index is 0.000000510. The van der Waals surface area contributed by atoms with Crippen LogP contribution in [-0.4, -0.2) is 77.8 Å². The maximum atomic E-state index is 12.7. The largest absolute Gasteiger partial charge is 0.480 e. The number of aliphatic carboxylic acids is 1. The van der Waals surface area contributed by atoms with Crippen molar-refractivity contribution in [3.63, 3.8) is 0 Å². The Labute approximate surface area is 298 Å². The molecule has 0 saturated carbocycles. The summed E-state index contributed by atoms with van der Waals surface area (Å²) in [7, 11) is -8.56. The molecule has 28 heteroatoms. The van der Waals surface area contributed by atoms with Crippen molar-refractivity contribution < 1.29 is 89.0 Å². The number of carboxylic acid groups (broad SMARTS) is 1. The van der Waals surface area contributed by atoms with Gasteiger partial charge in [-0.3, -0.25) is 9.59 Å². The molecule has 2 atom stereocenters. The van der Waals surface area contributed by atoms with E-state index in [0.717, 1.165) is 24.3 Å². The number of hydrogen-bond donors (Lipinski definition) is 3. The van der Waals surface area contributed by atoms with Gasteiger partial charge in [0.1, 0.15) is 20.5 Å². The summed E-state index contributed by atoms with van der Waals surface area (Å²) in [4.78, 5) is 22.9. The zero-order valence-electron chi connectivity index (χ0n) is 24.7. The van der Waals surface area contributed by atoms with Crippen LogP contribution in [0.15, 0.2) is 32.7 Å². The number of thiophene rings is 2. The van der Waals surface area contributed by atoms with Crippen LogP contribution in [0.4, 0.5) is 52.7 Å². The van der Waals surface area contributed by atoms with Crippen LogP contribution in [0.25, 0.3) is 0 Å². The van der Waals surface area contributed by atoms with Crippen molar-refractivity contribution in [1.82, 2.24) is 9.44 Å². The zero-order chi connectivity index (χ0) is 40.0. The molecule has 3 N–H and O–H groups in total. The minimum atomic E-state index is -5.12. The fraction of sp³-hybridized carbons (Fsp3) is 0.565. The lowest BCUT2D eigenvalue weighted by molar-refractivity contribution is -0.181. The topological polar surface area (TPSA) is 156 Å². The summed E-state index contributed by atoms with van der Waals surface area (Å²) in [5.41, 5.74) is 0. The molecular formula is C23H22Cl2F12N2O8S4. The predicted octanol–water partition coefficient (Wildman–Crippen LogP) is 7.40. The Hall–Kier alpha value is -2.10. The second kappa shape index (κ2) is 17.8. The van der Waals surface area contributed by atoms with E-state index in [1.807, 2.05) is 0 Å². The first-order chi connectivity index (χ1) is 22.7. The molecule has 0 bridgehead atoms. The van der Waals surface area contributed by atoms with Gasteiger partial charge in [-0.05, 0) is 24.3 Å². The van der Waals surface area contributed by atoms with Gasteiger partial charge in [-0.15, -0.1) is 22.7 Å². The average molecular weight is 882 g/mol. The normalized spacial score (nSPS) is 14.6. The number of nitrogens with one attached hydrogen (secondary N) is 2. The van der Waals surface area contributed by atoms with Crippen molar-refractivity contribution in [2.45, 2.75) is 70.9 Å². The molecule has 2 aromatic rings. The van der Waals surface area contributed by atoms with E-state index in [4.69, 9.17) is 28.3 Å². The molecular weight excluding hydrogens is 859 g/mol. The average Bonchev–Trinajstić information content (AvgIpc) is 3.55. The summed E-state index contributed by atoms with van der Waals surface area (Å²) >= 11 is 12.1. The van der Waals surface area contributed by atoms with Gasteiger partial charge >= 0.3 is 36.6 Å². The van der Waals surface area contributed by atoms with E-state index in [0.29, 0.717) is 29.8 Å². The maximum absolute atomic E-state index is 12.7. The van der Waals surface area contributed by atoms with Crippen molar-refractivity contribution in [2.75, 3.05) is 7.11 Å². The summed E-state index contributed by atoms with van der Waals surface area (Å²) in [5.74, 6) is -8.77. The fourth-order valence-corrected chi connectivity index (χ4v) is 9.46. The molecule has 0 amide bonds. The summed E-state index contributed by atoms with van der Waals surface area (Å²) in [6.45, 7) is 0. The molecule has 0 aliphatic rings. The van der Waals surface area contributed by atoms with Gasteiger partial charge in [-0.25, -0.2) is 16.8 Å². The molecule has 2 unspecified atom stereocenters. The molecule has 2 rings (SSSR count). The van der Waals surface area contributed by atoms with E-state index >= 15 is 0 Å². The van der Waals surface area contributed by atoms with Gasteiger partial charge in [0.15, 0.2) is 0 Å². The van der Waals surface area contributed by atoms with Crippen LogP contribution in [0.5, 0.6) is 0 Å². The molecule has 0 aliphatic carbocycles. The number of carbonyl (C=O) groups is 2. The van der Waals surface area contributed by atoms with Crippen LogP contribution < -0.4 is 9.44 Å². The zero-order valence-corrected chi connectivity index (χ0v) is 29.5. The van der Waals surface area contributed by atoms with E-state index in [-0.39, 0.29) is 8.67 Å². The van der Waals surface area contributed by atoms with Gasteiger partial charge < -0.3 is 9.84 Å². The maximum Gasteiger partial charge on any atom is 0.389 e. The monoisotopic (exact) mass is 880 g/mol. The molecule has 0 saturated heterocycles. The molecule has 0 aliphatic heterocycles. The number of carboxylic acids is 1. The van der Waals surface area contributed by atoms with Gasteiger partial charge in [-0.1, -0.05) is 23.2 Å².